The van der Waals surface area contributed by atoms with Crippen LogP contribution in [-0.2, 0) is 0 Å². The van der Waals surface area contributed by atoms with Gasteiger partial charge in [0.1, 0.15) is 23.3 Å². The number of aryl methyl sites for hydroxylation is 1. The largest absolute Gasteiger partial charge is 0.496 e. The number of hydrogen-bond acceptors (Lipinski definition) is 6. The second-order valence-corrected chi connectivity index (χ2v) is 7.76. The van der Waals surface area contributed by atoms with E-state index >= 15 is 0 Å². The van der Waals surface area contributed by atoms with Gasteiger partial charge in [0.05, 0.1) is 26.6 Å². The predicted octanol–water partition coefficient (Wildman–Crippen LogP) is 5.48. The number of nitrogens with one attached hydrogen (secondary N) is 2. The van der Waals surface area contributed by atoms with E-state index in [-0.39, 0.29) is 6.04 Å². The molecule has 0 aliphatic carbocycles. The number of aromatic amines is 1. The maximum absolute atomic E-state index is 6.67. The average molecular weight is 438 g/mol. The van der Waals surface area contributed by atoms with Crippen LogP contribution in [0.3, 0.4) is 0 Å². The summed E-state index contributed by atoms with van der Waals surface area (Å²) in [5.74, 6) is 2.24. The topological polar surface area (TPSA) is 85.0 Å². The smallest absolute Gasteiger partial charge is 0.162 e. The molecule has 2 heterocycles. The molecule has 31 heavy (non-hydrogen) atoms. The van der Waals surface area contributed by atoms with Crippen LogP contribution in [0.4, 0.5) is 5.82 Å². The van der Waals surface area contributed by atoms with Crippen molar-refractivity contribution in [1.29, 1.82) is 0 Å². The Morgan fingerprint density at radius 2 is 1.87 bits per heavy atom. The van der Waals surface area contributed by atoms with Gasteiger partial charge in [-0.1, -0.05) is 17.7 Å². The van der Waals surface area contributed by atoms with Crippen LogP contribution in [0.15, 0.2) is 36.9 Å². The number of anilines is 1. The minimum absolute atomic E-state index is 0.152. The Bertz CT molecular complexity index is 1250. The summed E-state index contributed by atoms with van der Waals surface area (Å²) < 4.78 is 11.3. The third kappa shape index (κ3) is 3.77. The number of benzene rings is 2. The number of H-pyrrole nitrogens is 1. The van der Waals surface area contributed by atoms with Gasteiger partial charge >= 0.3 is 0 Å². The number of halogens is 1. The highest BCUT2D eigenvalue weighted by molar-refractivity contribution is 6.32. The van der Waals surface area contributed by atoms with Gasteiger partial charge in [-0.25, -0.2) is 15.0 Å². The van der Waals surface area contributed by atoms with Gasteiger partial charge in [-0.2, -0.15) is 0 Å². The normalized spacial score (nSPS) is 12.1. The fourth-order valence-corrected chi connectivity index (χ4v) is 4.03. The lowest BCUT2D eigenvalue weighted by molar-refractivity contribution is 0.408. The summed E-state index contributed by atoms with van der Waals surface area (Å²) >= 11 is 6.67. The van der Waals surface area contributed by atoms with Crippen LogP contribution in [-0.4, -0.2) is 34.2 Å². The number of fused-ring (bicyclic) bond motifs is 1. The van der Waals surface area contributed by atoms with Crippen LogP contribution in [0.25, 0.3) is 22.3 Å². The van der Waals surface area contributed by atoms with Gasteiger partial charge in [0.15, 0.2) is 11.5 Å². The van der Waals surface area contributed by atoms with Crippen LogP contribution in [0, 0.1) is 13.8 Å². The molecule has 0 fully saturated rings. The zero-order valence-corrected chi connectivity index (χ0v) is 18.8. The Morgan fingerprint density at radius 1 is 1.06 bits per heavy atom. The molecule has 2 N–H and O–H groups in total. The monoisotopic (exact) mass is 437 g/mol. The summed E-state index contributed by atoms with van der Waals surface area (Å²) in [5, 5.41) is 4.09. The van der Waals surface area contributed by atoms with Crippen molar-refractivity contribution in [3.05, 3.63) is 58.6 Å². The summed E-state index contributed by atoms with van der Waals surface area (Å²) in [6.45, 7) is 6.05. The van der Waals surface area contributed by atoms with Crippen LogP contribution >= 0.6 is 11.6 Å². The van der Waals surface area contributed by atoms with Crippen LogP contribution in [0.5, 0.6) is 11.5 Å². The number of aromatic nitrogens is 4. The van der Waals surface area contributed by atoms with E-state index in [1.807, 2.05) is 39.0 Å². The maximum atomic E-state index is 6.67. The number of imidazole rings is 1. The highest BCUT2D eigenvalue weighted by atomic mass is 35.5. The van der Waals surface area contributed by atoms with E-state index in [9.17, 15) is 0 Å². The molecule has 0 spiro atoms. The highest BCUT2D eigenvalue weighted by Crippen LogP contribution is 2.43. The van der Waals surface area contributed by atoms with Crippen molar-refractivity contribution in [2.24, 2.45) is 0 Å². The van der Waals surface area contributed by atoms with Crippen molar-refractivity contribution in [3.63, 3.8) is 0 Å². The van der Waals surface area contributed by atoms with E-state index in [0.717, 1.165) is 39.3 Å². The molecule has 160 valence electrons. The second-order valence-electron chi connectivity index (χ2n) is 7.35. The van der Waals surface area contributed by atoms with Crippen LogP contribution in [0.2, 0.25) is 5.02 Å². The Hall–Kier alpha value is -3.32. The summed E-state index contributed by atoms with van der Waals surface area (Å²) in [7, 11) is 3.34. The van der Waals surface area contributed by atoms with Crippen molar-refractivity contribution in [1.82, 2.24) is 19.9 Å². The Kier molecular flexibility index (Phi) is 5.69. The van der Waals surface area contributed by atoms with Crippen molar-refractivity contribution in [2.45, 2.75) is 26.8 Å². The number of ether oxygens (including phenoxy) is 2. The first-order valence-corrected chi connectivity index (χ1v) is 10.2. The molecule has 0 amide bonds. The van der Waals surface area contributed by atoms with Crippen molar-refractivity contribution < 1.29 is 9.47 Å². The molecular weight excluding hydrogens is 414 g/mol. The van der Waals surface area contributed by atoms with E-state index < -0.39 is 0 Å². The molecule has 4 rings (SSSR count). The first-order chi connectivity index (χ1) is 14.9. The molecule has 0 aliphatic heterocycles. The van der Waals surface area contributed by atoms with Crippen LogP contribution < -0.4 is 14.8 Å². The molecule has 2 aromatic heterocycles. The highest BCUT2D eigenvalue weighted by Gasteiger charge is 2.22. The zero-order valence-electron chi connectivity index (χ0n) is 18.1. The van der Waals surface area contributed by atoms with E-state index in [4.69, 9.17) is 21.1 Å². The molecule has 4 aromatic rings. The van der Waals surface area contributed by atoms with Gasteiger partial charge in [0.2, 0.25) is 0 Å². The molecular formula is C23H24ClN5O2. The number of nitrogens with zero attached hydrogens (tertiary/aromatic N) is 3. The standard InChI is InChI=1S/C23H24ClN5O2/c1-12-8-15(6-7-18(12)30-4)19-13(2)17(24)9-16(21(19)31-5)14(3)29-23-20-22(26-10-25-20)27-11-28-23/h6-11,14H,1-5H3,(H2,25,26,27,28,29). The molecule has 2 aromatic carbocycles. The number of rotatable bonds is 6. The molecule has 0 aliphatic rings. The molecule has 1 atom stereocenters. The lowest BCUT2D eigenvalue weighted by Gasteiger charge is -2.23. The van der Waals surface area contributed by atoms with Crippen LogP contribution in [0.1, 0.15) is 29.7 Å². The SMILES string of the molecule is COc1ccc(-c2c(C)c(Cl)cc(C(C)Nc3ncnc4[nH]cnc34)c2OC)cc1C. The minimum Gasteiger partial charge on any atom is -0.496 e. The lowest BCUT2D eigenvalue weighted by Crippen LogP contribution is -2.11. The Morgan fingerprint density at radius 3 is 2.58 bits per heavy atom. The van der Waals surface area contributed by atoms with E-state index in [2.05, 4.69) is 31.3 Å². The van der Waals surface area contributed by atoms with Gasteiger partial charge < -0.3 is 19.8 Å². The molecule has 0 saturated carbocycles. The van der Waals surface area contributed by atoms with Crippen molar-refractivity contribution in [3.8, 4) is 22.6 Å². The van der Waals surface area contributed by atoms with E-state index in [1.165, 1.54) is 6.33 Å². The number of hydrogen-bond donors (Lipinski definition) is 2. The molecule has 7 nitrogen and oxygen atoms in total. The van der Waals surface area contributed by atoms with Gasteiger partial charge in [-0.05, 0) is 55.7 Å². The fourth-order valence-electron chi connectivity index (χ4n) is 3.82. The van der Waals surface area contributed by atoms with Crippen molar-refractivity contribution >= 4 is 28.6 Å². The summed E-state index contributed by atoms with van der Waals surface area (Å²) in [6, 6.07) is 7.85. The van der Waals surface area contributed by atoms with Gasteiger partial charge in [0, 0.05) is 16.1 Å². The summed E-state index contributed by atoms with van der Waals surface area (Å²) in [6.07, 6.45) is 3.10. The minimum atomic E-state index is -0.152. The molecule has 1 unspecified atom stereocenters. The van der Waals surface area contributed by atoms with E-state index in [0.29, 0.717) is 22.0 Å². The first kappa shape index (κ1) is 20.9. The summed E-state index contributed by atoms with van der Waals surface area (Å²) in [5.41, 5.74) is 6.23. The average Bonchev–Trinajstić information content (AvgIpc) is 3.25. The Labute approximate surface area is 185 Å². The molecule has 8 heteroatoms. The lowest BCUT2D eigenvalue weighted by atomic mass is 9.93. The molecule has 0 radical (unpaired) electrons. The quantitative estimate of drug-likeness (QED) is 0.415. The third-order valence-corrected chi connectivity index (χ3v) is 5.82. The summed E-state index contributed by atoms with van der Waals surface area (Å²) in [4.78, 5) is 15.9. The predicted molar refractivity (Wildman–Crippen MR) is 123 cm³/mol. The third-order valence-electron chi connectivity index (χ3n) is 5.43. The van der Waals surface area contributed by atoms with Gasteiger partial charge in [0.25, 0.3) is 0 Å². The first-order valence-electron chi connectivity index (χ1n) is 9.87. The Balaban J connectivity index is 1.81. The fraction of sp³-hybridized carbons (Fsp3) is 0.261. The zero-order chi connectivity index (χ0) is 22.1. The van der Waals surface area contributed by atoms with Gasteiger partial charge in [-0.15, -0.1) is 0 Å². The van der Waals surface area contributed by atoms with Crippen molar-refractivity contribution in [2.75, 3.05) is 19.5 Å². The maximum Gasteiger partial charge on any atom is 0.162 e. The van der Waals surface area contributed by atoms with E-state index in [1.54, 1.807) is 20.5 Å². The number of methoxy groups -OCH3 is 2. The van der Waals surface area contributed by atoms with Gasteiger partial charge in [-0.3, -0.25) is 0 Å². The second kappa shape index (κ2) is 8.43. The molecule has 0 saturated heterocycles. The molecule has 0 bridgehead atoms.